The van der Waals surface area contributed by atoms with Gasteiger partial charge in [-0.3, -0.25) is 9.59 Å². The van der Waals surface area contributed by atoms with Crippen molar-refractivity contribution in [2.45, 2.75) is 38.5 Å². The van der Waals surface area contributed by atoms with Crippen LogP contribution in [0.3, 0.4) is 0 Å². The molecule has 0 saturated heterocycles. The molecule has 1 atom stereocenters. The molecule has 9 heteroatoms. The van der Waals surface area contributed by atoms with Crippen LogP contribution in [0.4, 0.5) is 23.2 Å². The van der Waals surface area contributed by atoms with Crippen LogP contribution in [-0.2, 0) is 15.8 Å². The summed E-state index contributed by atoms with van der Waals surface area (Å²) in [5.74, 6) is -2.57. The van der Waals surface area contributed by atoms with Gasteiger partial charge in [0.15, 0.2) is 0 Å². The first-order chi connectivity index (χ1) is 14.5. The Kier molecular flexibility index (Phi) is 6.06. The number of hydrogen-bond donors (Lipinski definition) is 2. The number of carbonyl (C=O) groups is 2. The summed E-state index contributed by atoms with van der Waals surface area (Å²) in [5, 5.41) is 12.9. The number of aliphatic hydroxyl groups excluding tert-OH is 1. The SMILES string of the molecule is CC(C)N1C(=O)C(C(=O)Nc2ccc(F)cc2)=C(O)CC1c1ccc(C(F)(F)F)cc1. The van der Waals surface area contributed by atoms with E-state index in [1.165, 1.54) is 29.2 Å². The van der Waals surface area contributed by atoms with E-state index in [-0.39, 0.29) is 12.1 Å². The maximum atomic E-state index is 13.1. The molecule has 2 aromatic carbocycles. The van der Waals surface area contributed by atoms with E-state index in [0.717, 1.165) is 24.3 Å². The highest BCUT2D eigenvalue weighted by Crippen LogP contribution is 2.37. The summed E-state index contributed by atoms with van der Waals surface area (Å²) >= 11 is 0. The molecular formula is C22H20F4N2O3. The first kappa shape index (κ1) is 22.3. The maximum Gasteiger partial charge on any atom is 0.416 e. The van der Waals surface area contributed by atoms with Crippen molar-refractivity contribution in [1.82, 2.24) is 4.90 Å². The minimum absolute atomic E-state index is 0.137. The Morgan fingerprint density at radius 3 is 2.19 bits per heavy atom. The van der Waals surface area contributed by atoms with Crippen LogP contribution in [0.1, 0.15) is 37.4 Å². The van der Waals surface area contributed by atoms with Gasteiger partial charge in [-0.2, -0.15) is 13.2 Å². The normalized spacial score (nSPS) is 17.3. The van der Waals surface area contributed by atoms with Gasteiger partial charge in [-0.15, -0.1) is 0 Å². The predicted molar refractivity (Wildman–Crippen MR) is 105 cm³/mol. The molecule has 1 aliphatic heterocycles. The lowest BCUT2D eigenvalue weighted by atomic mass is 9.91. The van der Waals surface area contributed by atoms with E-state index < -0.39 is 52.8 Å². The monoisotopic (exact) mass is 436 g/mol. The molecular weight excluding hydrogens is 416 g/mol. The fourth-order valence-corrected chi connectivity index (χ4v) is 3.50. The lowest BCUT2D eigenvalue weighted by Crippen LogP contribution is -2.46. The zero-order valence-electron chi connectivity index (χ0n) is 16.7. The highest BCUT2D eigenvalue weighted by atomic mass is 19.4. The zero-order chi connectivity index (χ0) is 22.9. The first-order valence-corrected chi connectivity index (χ1v) is 9.48. The molecule has 2 aromatic rings. The Hall–Kier alpha value is -3.36. The fourth-order valence-electron chi connectivity index (χ4n) is 3.50. The number of alkyl halides is 3. The van der Waals surface area contributed by atoms with Crippen molar-refractivity contribution in [2.24, 2.45) is 0 Å². The molecule has 5 nitrogen and oxygen atoms in total. The minimum atomic E-state index is -4.49. The lowest BCUT2D eigenvalue weighted by molar-refractivity contribution is -0.138. The molecule has 0 aliphatic carbocycles. The highest BCUT2D eigenvalue weighted by molar-refractivity contribution is 6.23. The van der Waals surface area contributed by atoms with Crippen molar-refractivity contribution in [3.63, 3.8) is 0 Å². The van der Waals surface area contributed by atoms with Crippen LogP contribution in [0.25, 0.3) is 0 Å². The van der Waals surface area contributed by atoms with Gasteiger partial charge < -0.3 is 15.3 Å². The highest BCUT2D eigenvalue weighted by Gasteiger charge is 2.40. The summed E-state index contributed by atoms with van der Waals surface area (Å²) in [6.07, 6.45) is -4.63. The zero-order valence-corrected chi connectivity index (χ0v) is 16.7. The van der Waals surface area contributed by atoms with Crippen LogP contribution in [0.15, 0.2) is 59.9 Å². The second kappa shape index (κ2) is 8.41. The standard InChI is InChI=1S/C22H20F4N2O3/c1-12(2)28-17(13-3-5-14(6-4-13)22(24,25)26)11-18(29)19(21(28)31)20(30)27-16-9-7-15(23)8-10-16/h3-10,12,17,29H,11H2,1-2H3,(H,27,30). The number of hydrogen-bond acceptors (Lipinski definition) is 3. The number of carbonyl (C=O) groups excluding carboxylic acids is 2. The number of amides is 2. The quantitative estimate of drug-likeness (QED) is 0.525. The van der Waals surface area contributed by atoms with Gasteiger partial charge in [-0.1, -0.05) is 12.1 Å². The summed E-state index contributed by atoms with van der Waals surface area (Å²) in [4.78, 5) is 27.1. The van der Waals surface area contributed by atoms with Gasteiger partial charge in [0.25, 0.3) is 11.8 Å². The lowest BCUT2D eigenvalue weighted by Gasteiger charge is -2.39. The first-order valence-electron chi connectivity index (χ1n) is 9.48. The molecule has 0 bridgehead atoms. The number of nitrogens with zero attached hydrogens (tertiary/aromatic N) is 1. The van der Waals surface area contributed by atoms with Crippen molar-refractivity contribution in [3.8, 4) is 0 Å². The van der Waals surface area contributed by atoms with Crippen molar-refractivity contribution in [3.05, 3.63) is 76.8 Å². The molecule has 2 N–H and O–H groups in total. The van der Waals surface area contributed by atoms with Crippen LogP contribution in [0, 0.1) is 5.82 Å². The summed E-state index contributed by atoms with van der Waals surface area (Å²) < 4.78 is 51.6. The average Bonchev–Trinajstić information content (AvgIpc) is 2.68. The predicted octanol–water partition coefficient (Wildman–Crippen LogP) is 4.98. The fraction of sp³-hybridized carbons (Fsp3) is 0.273. The third-order valence-electron chi connectivity index (χ3n) is 4.97. The molecule has 1 heterocycles. The van der Waals surface area contributed by atoms with E-state index in [9.17, 15) is 32.3 Å². The van der Waals surface area contributed by atoms with E-state index in [1.54, 1.807) is 13.8 Å². The minimum Gasteiger partial charge on any atom is -0.511 e. The smallest absolute Gasteiger partial charge is 0.416 e. The number of aliphatic hydroxyl groups is 1. The maximum absolute atomic E-state index is 13.1. The molecule has 0 saturated carbocycles. The van der Waals surface area contributed by atoms with Crippen LogP contribution >= 0.6 is 0 Å². The summed E-state index contributed by atoms with van der Waals surface area (Å²) in [6.45, 7) is 3.40. The number of benzene rings is 2. The summed E-state index contributed by atoms with van der Waals surface area (Å²) in [6, 6.07) is 8.08. The number of nitrogens with one attached hydrogen (secondary N) is 1. The number of rotatable bonds is 4. The molecule has 1 unspecified atom stereocenters. The largest absolute Gasteiger partial charge is 0.511 e. The van der Waals surface area contributed by atoms with E-state index in [1.807, 2.05) is 0 Å². The van der Waals surface area contributed by atoms with Gasteiger partial charge >= 0.3 is 6.18 Å². The Morgan fingerprint density at radius 1 is 1.10 bits per heavy atom. The van der Waals surface area contributed by atoms with Gasteiger partial charge in [-0.25, -0.2) is 4.39 Å². The number of halogens is 4. The Balaban J connectivity index is 1.91. The third-order valence-corrected chi connectivity index (χ3v) is 4.97. The molecule has 31 heavy (non-hydrogen) atoms. The van der Waals surface area contributed by atoms with Crippen LogP contribution in [0.5, 0.6) is 0 Å². The molecule has 0 aromatic heterocycles. The van der Waals surface area contributed by atoms with E-state index in [2.05, 4.69) is 5.32 Å². The Bertz CT molecular complexity index is 1010. The second-order valence-electron chi connectivity index (χ2n) is 7.43. The van der Waals surface area contributed by atoms with Crippen LogP contribution in [-0.4, -0.2) is 27.9 Å². The van der Waals surface area contributed by atoms with Gasteiger partial charge in [0.2, 0.25) is 0 Å². The average molecular weight is 436 g/mol. The van der Waals surface area contributed by atoms with Gasteiger partial charge in [0, 0.05) is 18.2 Å². The molecule has 164 valence electrons. The van der Waals surface area contributed by atoms with E-state index >= 15 is 0 Å². The Labute approximate surface area is 176 Å². The number of anilines is 1. The molecule has 3 rings (SSSR count). The van der Waals surface area contributed by atoms with Crippen molar-refractivity contribution >= 4 is 17.5 Å². The summed E-state index contributed by atoms with van der Waals surface area (Å²) in [5.41, 5.74) is -0.644. The molecule has 0 radical (unpaired) electrons. The van der Waals surface area contributed by atoms with Gasteiger partial charge in [0.1, 0.15) is 17.1 Å². The van der Waals surface area contributed by atoms with Gasteiger partial charge in [-0.05, 0) is 55.8 Å². The molecule has 2 amide bonds. The van der Waals surface area contributed by atoms with E-state index in [0.29, 0.717) is 5.56 Å². The van der Waals surface area contributed by atoms with Gasteiger partial charge in [0.05, 0.1) is 11.6 Å². The van der Waals surface area contributed by atoms with Crippen molar-refractivity contribution < 1.29 is 32.3 Å². The van der Waals surface area contributed by atoms with E-state index in [4.69, 9.17) is 0 Å². The van der Waals surface area contributed by atoms with Crippen LogP contribution < -0.4 is 5.32 Å². The summed E-state index contributed by atoms with van der Waals surface area (Å²) in [7, 11) is 0. The molecule has 1 aliphatic rings. The molecule has 0 spiro atoms. The van der Waals surface area contributed by atoms with Crippen molar-refractivity contribution in [1.29, 1.82) is 0 Å². The topological polar surface area (TPSA) is 69.6 Å². The van der Waals surface area contributed by atoms with Crippen molar-refractivity contribution in [2.75, 3.05) is 5.32 Å². The third kappa shape index (κ3) is 4.70. The van der Waals surface area contributed by atoms with Crippen LogP contribution in [0.2, 0.25) is 0 Å². The Morgan fingerprint density at radius 2 is 1.68 bits per heavy atom. The second-order valence-corrected chi connectivity index (χ2v) is 7.43. The molecule has 0 fully saturated rings.